The minimum atomic E-state index is -0.720. The largest absolute Gasteiger partial charge is 0.494 e. The second-order valence-electron chi connectivity index (χ2n) is 7.59. The maximum atomic E-state index is 13.1. The Hall–Kier alpha value is -3.82. The summed E-state index contributed by atoms with van der Waals surface area (Å²) in [4.78, 5) is 26.9. The number of rotatable bonds is 8. The molecule has 9 nitrogen and oxygen atoms in total. The summed E-state index contributed by atoms with van der Waals surface area (Å²) in [6, 6.07) is 13.5. The normalized spacial score (nSPS) is 15.7. The molecule has 0 aliphatic carbocycles. The average molecular weight is 438 g/mol. The predicted octanol–water partition coefficient (Wildman–Crippen LogP) is 2.01. The molecule has 0 unspecified atom stereocenters. The van der Waals surface area contributed by atoms with Crippen molar-refractivity contribution in [2.75, 3.05) is 19.7 Å². The summed E-state index contributed by atoms with van der Waals surface area (Å²) < 4.78 is 18.8. The van der Waals surface area contributed by atoms with E-state index in [1.807, 2.05) is 4.90 Å². The molecule has 1 aromatic heterocycles. The Kier molecular flexibility index (Phi) is 6.39. The van der Waals surface area contributed by atoms with Crippen LogP contribution in [0.4, 0.5) is 4.39 Å². The number of amides is 2. The van der Waals surface area contributed by atoms with Crippen LogP contribution in [0.3, 0.4) is 0 Å². The molecule has 1 aliphatic rings. The number of hydrogen-bond donors (Lipinski definition) is 1. The number of halogens is 1. The molecule has 4 rings (SSSR count). The molecule has 1 fully saturated rings. The minimum Gasteiger partial charge on any atom is -0.494 e. The molecule has 2 N–H and O–H groups in total. The summed E-state index contributed by atoms with van der Waals surface area (Å²) in [5, 5.41) is 11.1. The Bertz CT molecular complexity index is 1080. The fourth-order valence-electron chi connectivity index (χ4n) is 3.66. The smallest absolute Gasteiger partial charge is 0.290 e. The van der Waals surface area contributed by atoms with Gasteiger partial charge in [-0.1, -0.05) is 12.1 Å². The third kappa shape index (κ3) is 5.08. The third-order valence-electron chi connectivity index (χ3n) is 5.36. The molecule has 10 heteroatoms. The topological polar surface area (TPSA) is 116 Å². The van der Waals surface area contributed by atoms with Gasteiger partial charge in [-0.25, -0.2) is 4.39 Å². The Morgan fingerprint density at radius 2 is 1.88 bits per heavy atom. The molecule has 1 aliphatic heterocycles. The molecule has 0 saturated carbocycles. The van der Waals surface area contributed by atoms with Gasteiger partial charge in [0.25, 0.3) is 17.6 Å². The van der Waals surface area contributed by atoms with E-state index in [4.69, 9.17) is 10.5 Å². The van der Waals surface area contributed by atoms with Crippen LogP contribution in [0.25, 0.3) is 0 Å². The van der Waals surface area contributed by atoms with Crippen molar-refractivity contribution >= 4 is 11.8 Å². The molecule has 3 aromatic rings. The van der Waals surface area contributed by atoms with Crippen molar-refractivity contribution in [2.24, 2.45) is 5.73 Å². The predicted molar refractivity (Wildman–Crippen MR) is 113 cm³/mol. The molecule has 0 bridgehead atoms. The third-order valence-corrected chi connectivity index (χ3v) is 5.36. The van der Waals surface area contributed by atoms with Gasteiger partial charge in [0.2, 0.25) is 0 Å². The van der Waals surface area contributed by atoms with E-state index in [2.05, 4.69) is 15.4 Å². The number of likely N-dealkylation sites (tertiary alicyclic amines) is 1. The highest BCUT2D eigenvalue weighted by molar-refractivity contribution is 5.94. The molecule has 0 radical (unpaired) electrons. The van der Waals surface area contributed by atoms with Gasteiger partial charge in [-0.15, -0.1) is 10.2 Å². The van der Waals surface area contributed by atoms with E-state index in [9.17, 15) is 14.0 Å². The van der Waals surface area contributed by atoms with Crippen molar-refractivity contribution < 1.29 is 18.7 Å². The lowest BCUT2D eigenvalue weighted by Crippen LogP contribution is -2.28. The van der Waals surface area contributed by atoms with E-state index in [-0.39, 0.29) is 23.5 Å². The van der Waals surface area contributed by atoms with Crippen LogP contribution in [-0.2, 0) is 6.54 Å². The molecule has 1 atom stereocenters. The first-order chi connectivity index (χ1) is 15.5. The van der Waals surface area contributed by atoms with E-state index in [0.29, 0.717) is 44.0 Å². The van der Waals surface area contributed by atoms with Crippen molar-refractivity contribution in [3.63, 3.8) is 0 Å². The van der Waals surface area contributed by atoms with Gasteiger partial charge in [-0.2, -0.15) is 4.80 Å². The lowest BCUT2D eigenvalue weighted by Gasteiger charge is -2.17. The Morgan fingerprint density at radius 3 is 2.56 bits per heavy atom. The molecule has 2 amide bonds. The van der Waals surface area contributed by atoms with Gasteiger partial charge in [0, 0.05) is 31.0 Å². The molecular weight excluding hydrogens is 415 g/mol. The monoisotopic (exact) mass is 438 g/mol. The first-order valence-corrected chi connectivity index (χ1v) is 10.3. The first-order valence-electron chi connectivity index (χ1n) is 10.3. The van der Waals surface area contributed by atoms with Gasteiger partial charge in [0.1, 0.15) is 11.6 Å². The summed E-state index contributed by atoms with van der Waals surface area (Å²) in [5.74, 6) is -0.245. The van der Waals surface area contributed by atoms with Crippen LogP contribution < -0.4 is 10.5 Å². The lowest BCUT2D eigenvalue weighted by atomic mass is 9.99. The van der Waals surface area contributed by atoms with E-state index in [1.54, 1.807) is 36.4 Å². The van der Waals surface area contributed by atoms with Gasteiger partial charge in [-0.05, 0) is 53.6 Å². The summed E-state index contributed by atoms with van der Waals surface area (Å²) >= 11 is 0. The Labute approximate surface area is 184 Å². The van der Waals surface area contributed by atoms with Crippen LogP contribution >= 0.6 is 0 Å². The van der Waals surface area contributed by atoms with Crippen LogP contribution in [0.2, 0.25) is 0 Å². The number of ether oxygens (including phenoxy) is 1. The molecule has 2 aromatic carbocycles. The highest BCUT2D eigenvalue weighted by Gasteiger charge is 2.28. The number of aryl methyl sites for hydroxylation is 1. The van der Waals surface area contributed by atoms with Crippen molar-refractivity contribution in [3.8, 4) is 5.75 Å². The number of carbonyl (C=O) groups is 2. The molecule has 2 heterocycles. The minimum absolute atomic E-state index is 0.0244. The fraction of sp³-hybridized carbons (Fsp3) is 0.318. The lowest BCUT2D eigenvalue weighted by molar-refractivity contribution is 0.0790. The van der Waals surface area contributed by atoms with Gasteiger partial charge in [0.05, 0.1) is 13.2 Å². The number of benzene rings is 2. The van der Waals surface area contributed by atoms with Gasteiger partial charge >= 0.3 is 0 Å². The zero-order valence-electron chi connectivity index (χ0n) is 17.4. The van der Waals surface area contributed by atoms with Gasteiger partial charge in [0.15, 0.2) is 0 Å². The van der Waals surface area contributed by atoms with Crippen LogP contribution in [0.15, 0.2) is 48.5 Å². The van der Waals surface area contributed by atoms with Crippen LogP contribution in [0.5, 0.6) is 5.75 Å². The van der Waals surface area contributed by atoms with E-state index in [0.717, 1.165) is 12.0 Å². The fourth-order valence-corrected chi connectivity index (χ4v) is 3.66. The maximum absolute atomic E-state index is 13.1. The maximum Gasteiger partial charge on any atom is 0.290 e. The zero-order valence-corrected chi connectivity index (χ0v) is 17.4. The second-order valence-corrected chi connectivity index (χ2v) is 7.59. The van der Waals surface area contributed by atoms with Gasteiger partial charge in [-0.3, -0.25) is 9.59 Å². The number of aromatic nitrogens is 4. The Morgan fingerprint density at radius 1 is 1.12 bits per heavy atom. The highest BCUT2D eigenvalue weighted by Crippen LogP contribution is 2.28. The second kappa shape index (κ2) is 9.54. The van der Waals surface area contributed by atoms with Crippen LogP contribution in [0.1, 0.15) is 45.3 Å². The number of tetrazole rings is 1. The quantitative estimate of drug-likeness (QED) is 0.538. The average Bonchev–Trinajstić information content (AvgIpc) is 3.47. The number of nitrogens with zero attached hydrogens (tertiary/aromatic N) is 5. The van der Waals surface area contributed by atoms with Crippen molar-refractivity contribution in [2.45, 2.75) is 25.3 Å². The standard InChI is InChI=1S/C22H23FN6O3/c23-18-6-2-15(3-7-18)17-10-12-28(14-17)22(31)16-4-8-19(9-5-16)32-13-1-11-29-26-21(20(24)30)25-27-29/h2-9,17H,1,10-14H2,(H2,24,30)/t17-/m0/s1. The molecule has 1 saturated heterocycles. The number of nitrogens with two attached hydrogens (primary N) is 1. The molecular formula is C22H23FN6O3. The van der Waals surface area contributed by atoms with Gasteiger partial charge < -0.3 is 15.4 Å². The summed E-state index contributed by atoms with van der Waals surface area (Å²) in [6.45, 7) is 2.14. The molecule has 32 heavy (non-hydrogen) atoms. The van der Waals surface area contributed by atoms with E-state index >= 15 is 0 Å². The van der Waals surface area contributed by atoms with Crippen LogP contribution in [0, 0.1) is 5.82 Å². The summed E-state index contributed by atoms with van der Waals surface area (Å²) in [5.41, 5.74) is 6.74. The summed E-state index contributed by atoms with van der Waals surface area (Å²) in [6.07, 6.45) is 1.47. The van der Waals surface area contributed by atoms with E-state index in [1.165, 1.54) is 16.9 Å². The summed E-state index contributed by atoms with van der Waals surface area (Å²) in [7, 11) is 0. The van der Waals surface area contributed by atoms with Crippen LogP contribution in [-0.4, -0.2) is 56.6 Å². The van der Waals surface area contributed by atoms with Crippen molar-refractivity contribution in [1.29, 1.82) is 0 Å². The Balaban J connectivity index is 1.24. The first kappa shape index (κ1) is 21.4. The van der Waals surface area contributed by atoms with E-state index < -0.39 is 5.91 Å². The van der Waals surface area contributed by atoms with Crippen molar-refractivity contribution in [3.05, 3.63) is 71.3 Å². The molecule has 166 valence electrons. The molecule has 0 spiro atoms. The number of carbonyl (C=O) groups excluding carboxylic acids is 2. The SMILES string of the molecule is NC(=O)c1nnn(CCCOc2ccc(C(=O)N3CC[C@H](c4ccc(F)cc4)C3)cc2)n1. The van der Waals surface area contributed by atoms with Crippen molar-refractivity contribution in [1.82, 2.24) is 25.1 Å². The number of primary amides is 1. The zero-order chi connectivity index (χ0) is 22.5. The highest BCUT2D eigenvalue weighted by atomic mass is 19.1. The number of hydrogen-bond acceptors (Lipinski definition) is 6.